The first-order valence-electron chi connectivity index (χ1n) is 11.6. The molecule has 12 heteroatoms. The van der Waals surface area contributed by atoms with Gasteiger partial charge in [-0.05, 0) is 95.2 Å². The van der Waals surface area contributed by atoms with Crippen molar-refractivity contribution in [1.82, 2.24) is 36.3 Å². The molecule has 1 fully saturated rings. The summed E-state index contributed by atoms with van der Waals surface area (Å²) in [6.45, 7) is 8.55. The van der Waals surface area contributed by atoms with Crippen molar-refractivity contribution in [2.75, 3.05) is 10.7 Å². The summed E-state index contributed by atoms with van der Waals surface area (Å²) < 4.78 is 1.81. The van der Waals surface area contributed by atoms with Gasteiger partial charge in [-0.2, -0.15) is 5.21 Å². The largest absolute Gasteiger partial charge is 0.334 e. The molecular formula is C24H31N9O2S. The van der Waals surface area contributed by atoms with Crippen molar-refractivity contribution in [3.63, 3.8) is 0 Å². The number of hydrazine groups is 1. The number of aromatic nitrogens is 4. The minimum Gasteiger partial charge on any atom is -0.334 e. The second-order valence-corrected chi connectivity index (χ2v) is 10.6. The highest BCUT2D eigenvalue weighted by molar-refractivity contribution is 7.71. The quantitative estimate of drug-likeness (QED) is 0.221. The van der Waals surface area contributed by atoms with Crippen LogP contribution in [0, 0.1) is 4.77 Å². The fraction of sp³-hybridized carbons (Fsp3) is 0.375. The maximum Gasteiger partial charge on any atom is 0.333 e. The number of nitrogens with zero attached hydrogens (tertiary/aromatic N) is 3. The van der Waals surface area contributed by atoms with Gasteiger partial charge in [0.1, 0.15) is 0 Å². The van der Waals surface area contributed by atoms with Crippen LogP contribution in [0.2, 0.25) is 0 Å². The molecule has 2 heterocycles. The number of tetrazole rings is 1. The summed E-state index contributed by atoms with van der Waals surface area (Å²) in [7, 11) is 0. The van der Waals surface area contributed by atoms with Gasteiger partial charge < -0.3 is 16.0 Å². The maximum absolute atomic E-state index is 12.7. The fourth-order valence-electron chi connectivity index (χ4n) is 4.77. The molecule has 190 valence electrons. The third-order valence-electron chi connectivity index (χ3n) is 5.83. The molecule has 2 aromatic carbocycles. The van der Waals surface area contributed by atoms with Crippen LogP contribution in [0.5, 0.6) is 0 Å². The van der Waals surface area contributed by atoms with Crippen LogP contribution < -0.4 is 26.8 Å². The van der Waals surface area contributed by atoms with Gasteiger partial charge >= 0.3 is 6.03 Å². The first-order chi connectivity index (χ1) is 17.0. The Kier molecular flexibility index (Phi) is 7.09. The Morgan fingerprint density at radius 3 is 2.36 bits per heavy atom. The topological polar surface area (TPSA) is 141 Å². The molecule has 1 aromatic heterocycles. The second kappa shape index (κ2) is 10.1. The third-order valence-corrected chi connectivity index (χ3v) is 6.09. The van der Waals surface area contributed by atoms with Gasteiger partial charge in [-0.1, -0.05) is 16.4 Å². The van der Waals surface area contributed by atoms with Crippen molar-refractivity contribution in [2.45, 2.75) is 57.7 Å². The average Bonchev–Trinajstić information content (AvgIpc) is 3.22. The SMILES string of the molecule is CC1(C)CC(NC(=O)NNc2ccc(C(=O)Nc3cccc(-n4[nH]nnc4=S)c3)cc2)CC(C)(C)N1. The summed E-state index contributed by atoms with van der Waals surface area (Å²) in [6.07, 6.45) is 1.67. The Balaban J connectivity index is 1.30. The number of rotatable bonds is 6. The summed E-state index contributed by atoms with van der Waals surface area (Å²) in [6, 6.07) is 13.7. The number of H-pyrrole nitrogens is 1. The number of nitrogens with one attached hydrogen (secondary N) is 6. The van der Waals surface area contributed by atoms with E-state index in [4.69, 9.17) is 12.2 Å². The van der Waals surface area contributed by atoms with Crippen molar-refractivity contribution in [1.29, 1.82) is 0 Å². The molecule has 0 spiro atoms. The molecule has 0 unspecified atom stereocenters. The number of benzene rings is 2. The molecule has 0 saturated carbocycles. The number of hydrogen-bond acceptors (Lipinski definition) is 7. The van der Waals surface area contributed by atoms with Gasteiger partial charge in [0.15, 0.2) is 0 Å². The third kappa shape index (κ3) is 6.46. The molecule has 6 N–H and O–H groups in total. The molecular weight excluding hydrogens is 478 g/mol. The molecule has 0 atom stereocenters. The Bertz CT molecular complexity index is 1280. The first-order valence-corrected chi connectivity index (χ1v) is 12.0. The lowest BCUT2D eigenvalue weighted by atomic mass is 9.80. The molecule has 1 aliphatic rings. The van der Waals surface area contributed by atoms with Crippen molar-refractivity contribution in [3.05, 3.63) is 58.9 Å². The van der Waals surface area contributed by atoms with Crippen molar-refractivity contribution >= 4 is 35.5 Å². The van der Waals surface area contributed by atoms with Crippen LogP contribution >= 0.6 is 12.2 Å². The lowest BCUT2D eigenvalue weighted by molar-refractivity contribution is 0.102. The lowest BCUT2D eigenvalue weighted by Gasteiger charge is -2.46. The number of amides is 3. The van der Waals surface area contributed by atoms with Gasteiger partial charge in [0.2, 0.25) is 4.77 Å². The molecule has 1 aliphatic heterocycles. The van der Waals surface area contributed by atoms with E-state index in [1.54, 1.807) is 42.5 Å². The monoisotopic (exact) mass is 509 g/mol. The van der Waals surface area contributed by atoms with Gasteiger partial charge in [-0.25, -0.2) is 9.48 Å². The molecule has 11 nitrogen and oxygen atoms in total. The van der Waals surface area contributed by atoms with E-state index in [2.05, 4.69) is 70.0 Å². The van der Waals surface area contributed by atoms with Crippen LogP contribution in [0.15, 0.2) is 48.5 Å². The predicted molar refractivity (Wildman–Crippen MR) is 141 cm³/mol. The van der Waals surface area contributed by atoms with E-state index in [0.717, 1.165) is 12.8 Å². The molecule has 1 saturated heterocycles. The Morgan fingerprint density at radius 1 is 1.03 bits per heavy atom. The molecule has 4 rings (SSSR count). The predicted octanol–water partition coefficient (Wildman–Crippen LogP) is 3.51. The van der Waals surface area contributed by atoms with E-state index in [1.165, 1.54) is 4.68 Å². The fourth-order valence-corrected chi connectivity index (χ4v) is 4.96. The zero-order valence-electron chi connectivity index (χ0n) is 20.7. The number of hydrogen-bond donors (Lipinski definition) is 6. The van der Waals surface area contributed by atoms with E-state index < -0.39 is 0 Å². The van der Waals surface area contributed by atoms with Crippen molar-refractivity contribution in [2.24, 2.45) is 0 Å². The van der Waals surface area contributed by atoms with Crippen LogP contribution in [-0.4, -0.2) is 49.3 Å². The zero-order chi connectivity index (χ0) is 25.9. The van der Waals surface area contributed by atoms with Crippen LogP contribution in [0.25, 0.3) is 5.69 Å². The molecule has 0 aliphatic carbocycles. The molecule has 36 heavy (non-hydrogen) atoms. The number of aromatic amines is 1. The Morgan fingerprint density at radius 2 is 1.72 bits per heavy atom. The van der Waals surface area contributed by atoms with E-state index in [0.29, 0.717) is 22.6 Å². The zero-order valence-corrected chi connectivity index (χ0v) is 21.5. The number of urea groups is 1. The van der Waals surface area contributed by atoms with Gasteiger partial charge in [0.05, 0.1) is 11.4 Å². The maximum atomic E-state index is 12.7. The molecule has 3 aromatic rings. The average molecular weight is 510 g/mol. The van der Waals surface area contributed by atoms with Crippen LogP contribution in [0.4, 0.5) is 16.2 Å². The molecule has 3 amide bonds. The van der Waals surface area contributed by atoms with Crippen LogP contribution in [-0.2, 0) is 0 Å². The van der Waals surface area contributed by atoms with Crippen molar-refractivity contribution < 1.29 is 9.59 Å². The van der Waals surface area contributed by atoms with E-state index in [1.807, 2.05) is 6.07 Å². The summed E-state index contributed by atoms with van der Waals surface area (Å²) in [5.74, 6) is -0.271. The minimum atomic E-state index is -0.303. The minimum absolute atomic E-state index is 0.0586. The van der Waals surface area contributed by atoms with Gasteiger partial charge in [-0.3, -0.25) is 15.6 Å². The smallest absolute Gasteiger partial charge is 0.333 e. The number of carbonyl (C=O) groups is 2. The van der Waals surface area contributed by atoms with E-state index in [9.17, 15) is 9.59 Å². The lowest BCUT2D eigenvalue weighted by Crippen LogP contribution is -2.62. The first kappa shape index (κ1) is 25.3. The standard InChI is InChI=1S/C24H31N9O2S/c1-23(2)13-18(14-24(3,4)30-23)26-21(35)28-27-16-10-8-15(9-11-16)20(34)25-17-6-5-7-19(12-17)33-22(36)29-31-32-33/h5-12,18,27,30H,13-14H2,1-4H3,(H,25,34)(H2,26,28,35)(H,29,32,36). The highest BCUT2D eigenvalue weighted by Crippen LogP contribution is 2.28. The highest BCUT2D eigenvalue weighted by atomic mass is 32.1. The van der Waals surface area contributed by atoms with Gasteiger partial charge in [0.25, 0.3) is 5.91 Å². The number of carbonyl (C=O) groups excluding carboxylic acids is 2. The second-order valence-electron chi connectivity index (χ2n) is 10.2. The summed E-state index contributed by atoms with van der Waals surface area (Å²) in [5, 5.41) is 19.6. The van der Waals surface area contributed by atoms with E-state index >= 15 is 0 Å². The normalized spacial score (nSPS) is 16.7. The Labute approximate surface area is 214 Å². The van der Waals surface area contributed by atoms with Gasteiger partial charge in [-0.15, -0.1) is 0 Å². The number of piperidine rings is 1. The molecule has 0 bridgehead atoms. The summed E-state index contributed by atoms with van der Waals surface area (Å²) in [4.78, 5) is 25.1. The van der Waals surface area contributed by atoms with Crippen LogP contribution in [0.3, 0.4) is 0 Å². The molecule has 0 radical (unpaired) electrons. The van der Waals surface area contributed by atoms with Crippen LogP contribution in [0.1, 0.15) is 50.9 Å². The Hall–Kier alpha value is -3.77. The van der Waals surface area contributed by atoms with Gasteiger partial charge in [0, 0.05) is 28.4 Å². The summed E-state index contributed by atoms with van der Waals surface area (Å²) in [5.41, 5.74) is 7.84. The summed E-state index contributed by atoms with van der Waals surface area (Å²) >= 11 is 5.12. The highest BCUT2D eigenvalue weighted by Gasteiger charge is 2.38. The van der Waals surface area contributed by atoms with E-state index in [-0.39, 0.29) is 33.8 Å². The van der Waals surface area contributed by atoms with Crippen molar-refractivity contribution in [3.8, 4) is 5.69 Å². The number of anilines is 2.